The highest BCUT2D eigenvalue weighted by Crippen LogP contribution is 1.98. The molecule has 0 aliphatic rings. The molecule has 0 radical (unpaired) electrons. The average molecular weight is 160 g/mol. The highest BCUT2D eigenvalue weighted by molar-refractivity contribution is 4.57. The molecule has 0 aliphatic heterocycles. The van der Waals surface area contributed by atoms with Crippen molar-refractivity contribution < 1.29 is 4.74 Å². The topological polar surface area (TPSA) is 38.5 Å². The first-order chi connectivity index (χ1) is 5.07. The number of methoxy groups -OCH3 is 1. The van der Waals surface area contributed by atoms with Gasteiger partial charge in [-0.05, 0) is 27.2 Å². The lowest BCUT2D eigenvalue weighted by atomic mass is 10.2. The van der Waals surface area contributed by atoms with Crippen LogP contribution in [-0.2, 0) is 4.74 Å². The lowest BCUT2D eigenvalue weighted by Crippen LogP contribution is -2.39. The maximum Gasteiger partial charge on any atom is 0.0556 e. The highest BCUT2D eigenvalue weighted by Gasteiger charge is 2.05. The Morgan fingerprint density at radius 3 is 2.27 bits per heavy atom. The normalized spacial score (nSPS) is 14.5. The van der Waals surface area contributed by atoms with Crippen LogP contribution in [0, 0.1) is 0 Å². The molecule has 0 fully saturated rings. The third-order valence-electron chi connectivity index (χ3n) is 1.86. The van der Waals surface area contributed by atoms with Gasteiger partial charge in [0.15, 0.2) is 0 Å². The van der Waals surface area contributed by atoms with Gasteiger partial charge in [0.25, 0.3) is 0 Å². The van der Waals surface area contributed by atoms with Crippen LogP contribution in [-0.4, -0.2) is 30.8 Å². The molecular formula is C8H20N2O. The molecule has 0 spiro atoms. The molecule has 0 bridgehead atoms. The third kappa shape index (κ3) is 5.18. The number of hydrogen-bond acceptors (Lipinski definition) is 3. The molecule has 0 saturated heterocycles. The SMILES string of the molecule is CO[C@H](C)CCN(N)C(C)C. The van der Waals surface area contributed by atoms with Crippen molar-refractivity contribution in [2.45, 2.75) is 39.3 Å². The van der Waals surface area contributed by atoms with Crippen LogP contribution in [0.2, 0.25) is 0 Å². The van der Waals surface area contributed by atoms with Gasteiger partial charge in [0.05, 0.1) is 6.10 Å². The molecule has 1 atom stereocenters. The highest BCUT2D eigenvalue weighted by atomic mass is 16.5. The summed E-state index contributed by atoms with van der Waals surface area (Å²) in [6.07, 6.45) is 1.30. The fraction of sp³-hybridized carbons (Fsp3) is 1.00. The van der Waals surface area contributed by atoms with Crippen LogP contribution in [0.1, 0.15) is 27.2 Å². The van der Waals surface area contributed by atoms with Gasteiger partial charge in [0, 0.05) is 19.7 Å². The lowest BCUT2D eigenvalue weighted by Gasteiger charge is -2.21. The van der Waals surface area contributed by atoms with Gasteiger partial charge in [0.1, 0.15) is 0 Å². The minimum absolute atomic E-state index is 0.305. The van der Waals surface area contributed by atoms with Crippen molar-refractivity contribution in [1.82, 2.24) is 5.01 Å². The summed E-state index contributed by atoms with van der Waals surface area (Å²) in [6, 6.07) is 0.416. The molecular weight excluding hydrogens is 140 g/mol. The lowest BCUT2D eigenvalue weighted by molar-refractivity contribution is 0.0918. The summed E-state index contributed by atoms with van der Waals surface area (Å²) in [7, 11) is 1.72. The Balaban J connectivity index is 3.37. The maximum absolute atomic E-state index is 5.70. The summed E-state index contributed by atoms with van der Waals surface area (Å²) in [5.41, 5.74) is 0. The quantitative estimate of drug-likeness (QED) is 0.481. The third-order valence-corrected chi connectivity index (χ3v) is 1.86. The summed E-state index contributed by atoms with van der Waals surface area (Å²) in [5.74, 6) is 5.70. The van der Waals surface area contributed by atoms with Crippen LogP contribution in [0.5, 0.6) is 0 Å². The molecule has 0 unspecified atom stereocenters. The molecule has 11 heavy (non-hydrogen) atoms. The molecule has 2 N–H and O–H groups in total. The molecule has 68 valence electrons. The van der Waals surface area contributed by atoms with Crippen molar-refractivity contribution in [1.29, 1.82) is 0 Å². The molecule has 0 heterocycles. The summed E-state index contributed by atoms with van der Waals surface area (Å²) < 4.78 is 5.10. The fourth-order valence-electron chi connectivity index (χ4n) is 0.707. The Labute approximate surface area is 69.5 Å². The van der Waals surface area contributed by atoms with E-state index < -0.39 is 0 Å². The first kappa shape index (κ1) is 10.9. The van der Waals surface area contributed by atoms with Crippen LogP contribution >= 0.6 is 0 Å². The van der Waals surface area contributed by atoms with Crippen molar-refractivity contribution in [2.24, 2.45) is 5.84 Å². The van der Waals surface area contributed by atoms with Gasteiger partial charge in [-0.1, -0.05) is 0 Å². The molecule has 0 aromatic rings. The van der Waals surface area contributed by atoms with Crippen LogP contribution in [0.4, 0.5) is 0 Å². The zero-order chi connectivity index (χ0) is 8.85. The molecule has 0 aromatic carbocycles. The number of nitrogens with zero attached hydrogens (tertiary/aromatic N) is 1. The predicted octanol–water partition coefficient (Wildman–Crippen LogP) is 0.995. The Bertz CT molecular complexity index is 96.1. The van der Waals surface area contributed by atoms with E-state index in [2.05, 4.69) is 13.8 Å². The van der Waals surface area contributed by atoms with Crippen LogP contribution in [0.3, 0.4) is 0 Å². The van der Waals surface area contributed by atoms with E-state index in [1.807, 2.05) is 11.9 Å². The van der Waals surface area contributed by atoms with Gasteiger partial charge < -0.3 is 4.74 Å². The first-order valence-electron chi connectivity index (χ1n) is 4.12. The number of hydrazine groups is 1. The monoisotopic (exact) mass is 160 g/mol. The standard InChI is InChI=1S/C8H20N2O/c1-7(2)10(9)6-5-8(3)11-4/h7-8H,5-6,9H2,1-4H3/t8-/m1/s1. The van der Waals surface area contributed by atoms with Crippen molar-refractivity contribution >= 4 is 0 Å². The van der Waals surface area contributed by atoms with Crippen molar-refractivity contribution in [3.8, 4) is 0 Å². The van der Waals surface area contributed by atoms with Gasteiger partial charge in [-0.25, -0.2) is 5.01 Å². The second-order valence-electron chi connectivity index (χ2n) is 3.17. The van der Waals surface area contributed by atoms with Crippen molar-refractivity contribution in [3.05, 3.63) is 0 Å². The predicted molar refractivity (Wildman–Crippen MR) is 47.1 cm³/mol. The smallest absolute Gasteiger partial charge is 0.0556 e. The first-order valence-corrected chi connectivity index (χ1v) is 4.12. The van der Waals surface area contributed by atoms with E-state index in [1.54, 1.807) is 7.11 Å². The Morgan fingerprint density at radius 1 is 1.36 bits per heavy atom. The summed E-state index contributed by atoms with van der Waals surface area (Å²) in [4.78, 5) is 0. The number of ether oxygens (including phenoxy) is 1. The number of nitrogens with two attached hydrogens (primary N) is 1. The average Bonchev–Trinajstić information content (AvgIpc) is 1.99. The Kier molecular flexibility index (Phi) is 5.46. The van der Waals surface area contributed by atoms with E-state index in [-0.39, 0.29) is 0 Å². The molecule has 0 saturated carbocycles. The van der Waals surface area contributed by atoms with Crippen LogP contribution in [0.25, 0.3) is 0 Å². The van der Waals surface area contributed by atoms with Gasteiger partial charge in [-0.3, -0.25) is 5.84 Å². The summed E-state index contributed by atoms with van der Waals surface area (Å²) >= 11 is 0. The minimum Gasteiger partial charge on any atom is -0.382 e. The molecule has 0 aliphatic carbocycles. The van der Waals surface area contributed by atoms with Crippen molar-refractivity contribution in [3.63, 3.8) is 0 Å². The summed E-state index contributed by atoms with van der Waals surface area (Å²) in [6.45, 7) is 7.11. The minimum atomic E-state index is 0.305. The maximum atomic E-state index is 5.70. The zero-order valence-corrected chi connectivity index (χ0v) is 8.00. The molecule has 0 rings (SSSR count). The number of rotatable bonds is 5. The van der Waals surface area contributed by atoms with E-state index in [0.717, 1.165) is 13.0 Å². The summed E-state index contributed by atoms with van der Waals surface area (Å²) in [5, 5.41) is 1.83. The fourth-order valence-corrected chi connectivity index (χ4v) is 0.707. The zero-order valence-electron chi connectivity index (χ0n) is 8.00. The molecule has 0 aromatic heterocycles. The molecule has 3 nitrogen and oxygen atoms in total. The largest absolute Gasteiger partial charge is 0.382 e. The van der Waals surface area contributed by atoms with E-state index in [0.29, 0.717) is 12.1 Å². The van der Waals surface area contributed by atoms with E-state index >= 15 is 0 Å². The van der Waals surface area contributed by atoms with Gasteiger partial charge in [-0.15, -0.1) is 0 Å². The second kappa shape index (κ2) is 5.52. The Morgan fingerprint density at radius 2 is 1.91 bits per heavy atom. The van der Waals surface area contributed by atoms with Crippen LogP contribution in [0.15, 0.2) is 0 Å². The van der Waals surface area contributed by atoms with E-state index in [9.17, 15) is 0 Å². The van der Waals surface area contributed by atoms with Gasteiger partial charge in [-0.2, -0.15) is 0 Å². The van der Waals surface area contributed by atoms with Crippen LogP contribution < -0.4 is 5.84 Å². The van der Waals surface area contributed by atoms with Crippen molar-refractivity contribution in [2.75, 3.05) is 13.7 Å². The molecule has 0 amide bonds. The Hall–Kier alpha value is -0.120. The van der Waals surface area contributed by atoms with Gasteiger partial charge in [0.2, 0.25) is 0 Å². The molecule has 3 heteroatoms. The van der Waals surface area contributed by atoms with E-state index in [1.165, 1.54) is 0 Å². The van der Waals surface area contributed by atoms with E-state index in [4.69, 9.17) is 10.6 Å². The van der Waals surface area contributed by atoms with Gasteiger partial charge >= 0.3 is 0 Å². The second-order valence-corrected chi connectivity index (χ2v) is 3.17. The number of hydrogen-bond donors (Lipinski definition) is 1.